The van der Waals surface area contributed by atoms with E-state index in [0.717, 1.165) is 180 Å². The molecule has 65 heavy (non-hydrogen) atoms. The van der Waals surface area contributed by atoms with Crippen LogP contribution in [0.15, 0.2) is 0 Å². The zero-order valence-electron chi connectivity index (χ0n) is 40.4. The molecular formula is C45H81O12Si7Zr. The minimum absolute atomic E-state index is 0. The van der Waals surface area contributed by atoms with Crippen LogP contribution in [0.1, 0.15) is 214 Å². The fourth-order valence-electron chi connectivity index (χ4n) is 14.0. The van der Waals surface area contributed by atoms with Crippen molar-refractivity contribution in [3.8, 4) is 0 Å². The molecular weight excluding hydrogens is 1020 g/mol. The Morgan fingerprint density at radius 1 is 0.262 bits per heavy atom. The van der Waals surface area contributed by atoms with Crippen LogP contribution in [0.5, 0.6) is 0 Å². The first-order valence-corrected chi connectivity index (χ1v) is 39.1. The molecule has 0 spiro atoms. The molecule has 12 nitrogen and oxygen atoms in total. The van der Waals surface area contributed by atoms with Crippen molar-refractivity contribution in [2.45, 2.75) is 253 Å². The molecule has 3 aliphatic heterocycles. The predicted molar refractivity (Wildman–Crippen MR) is 257 cm³/mol. The Kier molecular flexibility index (Phi) is 16.2. The van der Waals surface area contributed by atoms with Gasteiger partial charge in [-0.3, -0.25) is 0 Å². The van der Waals surface area contributed by atoms with Gasteiger partial charge in [-0.2, -0.15) is 0 Å². The van der Waals surface area contributed by atoms with E-state index in [0.29, 0.717) is 0 Å². The molecule has 3 heterocycles. The van der Waals surface area contributed by atoms with Crippen LogP contribution in [0.3, 0.4) is 0 Å². The summed E-state index contributed by atoms with van der Waals surface area (Å²) in [5.74, 6) is 7.34. The van der Waals surface area contributed by atoms with Crippen LogP contribution in [-0.4, -0.2) is 76.0 Å². The van der Waals surface area contributed by atoms with Crippen LogP contribution >= 0.6 is 0 Å². The Labute approximate surface area is 419 Å². The summed E-state index contributed by atoms with van der Waals surface area (Å²) in [7, 11) is -29.1. The van der Waals surface area contributed by atoms with Gasteiger partial charge in [0.15, 0.2) is 0 Å². The van der Waals surface area contributed by atoms with E-state index in [1.165, 1.54) is 29.6 Å². The molecule has 0 atom stereocenters. The van der Waals surface area contributed by atoms with Crippen molar-refractivity contribution in [3.05, 3.63) is 29.6 Å². The van der Waals surface area contributed by atoms with Crippen molar-refractivity contribution in [1.82, 2.24) is 0 Å². The Hall–Kier alpha value is 1.92. The van der Waals surface area contributed by atoms with Gasteiger partial charge in [-0.15, -0.1) is 0 Å². The van der Waals surface area contributed by atoms with Gasteiger partial charge in [0.05, 0.1) is 0 Å². The minimum Gasteiger partial charge on any atom is -0.390 e. The SMILES string of the molecule is C[C]1[C](C)[C](C)[C](C)[C]1C.O[Si]1(C2CCCC2)O[Si]2(C3CCCC3)O[Si](O)(C3CCCC3)O[Si]3(C4CCCC4)O[Si](O)(C4CCCC4)O[Si](C4CCCC4)(O1)O[Si](C1CCCC1)(O2)O3.[Zr]. The molecule has 20 heteroatoms. The van der Waals surface area contributed by atoms with Crippen LogP contribution in [0, 0.1) is 29.6 Å². The maximum Gasteiger partial charge on any atom is 0.486 e. The summed E-state index contributed by atoms with van der Waals surface area (Å²) in [5.41, 5.74) is -1.09. The molecule has 0 unspecified atom stereocenters. The van der Waals surface area contributed by atoms with E-state index >= 15 is 0 Å². The monoisotopic (exact) mass is 1100 g/mol. The van der Waals surface area contributed by atoms with Gasteiger partial charge < -0.3 is 51.4 Å². The number of fused-ring (bicyclic) bond motifs is 3. The topological polar surface area (TPSA) is 144 Å². The van der Waals surface area contributed by atoms with Gasteiger partial charge in [-0.1, -0.05) is 125 Å². The molecule has 5 radical (unpaired) electrons. The molecule has 365 valence electrons. The third-order valence-electron chi connectivity index (χ3n) is 18.4. The second-order valence-electron chi connectivity index (χ2n) is 22.2. The fourth-order valence-corrected chi connectivity index (χ4v) is 56.6. The normalized spacial score (nSPS) is 44.7. The smallest absolute Gasteiger partial charge is 0.390 e. The molecule has 11 aliphatic rings. The standard InChI is InChI=1S/C35H66O12Si7.C10H15.Zr/c36-48(29-15-1-2-16-29)39-51(32-21-7-8-22-32)41-49(37,30-17-3-4-18-30)43-53(34-25-11-12-26-34)44-50(38,31-19-5-6-20-31)42-52(40-48,33-23-9-10-24-33)46-54(45-51,47-53)35-27-13-14-28-35;1-6-7(2)9(4)10(5)8(6)3;/h29-38H,1-28H2;1-5H3;. The van der Waals surface area contributed by atoms with Crippen molar-refractivity contribution < 1.29 is 77.6 Å². The molecule has 0 aromatic carbocycles. The summed E-state index contributed by atoms with van der Waals surface area (Å²) in [5, 5.41) is 0. The summed E-state index contributed by atoms with van der Waals surface area (Å²) in [6.07, 6.45) is 25.6. The van der Waals surface area contributed by atoms with E-state index < -0.39 is 61.6 Å². The van der Waals surface area contributed by atoms with E-state index in [-0.39, 0.29) is 65.0 Å². The summed E-state index contributed by atoms with van der Waals surface area (Å²) < 4.78 is 69.7. The second-order valence-corrected chi connectivity index (χ2v) is 43.9. The molecule has 11 fully saturated rings. The summed E-state index contributed by atoms with van der Waals surface area (Å²) in [6.45, 7) is 11.0. The van der Waals surface area contributed by atoms with Gasteiger partial charge >= 0.3 is 61.6 Å². The molecule has 8 saturated carbocycles. The average molecular weight is 1100 g/mol. The molecule has 0 aromatic rings. The summed E-state index contributed by atoms with van der Waals surface area (Å²) in [6, 6.07) is 0. The van der Waals surface area contributed by atoms with E-state index in [2.05, 4.69) is 34.6 Å². The molecule has 11 rings (SSSR count). The first-order chi connectivity index (χ1) is 30.7. The predicted octanol–water partition coefficient (Wildman–Crippen LogP) is 11.3. The molecule has 3 saturated heterocycles. The van der Waals surface area contributed by atoms with Crippen LogP contribution in [-0.2, 0) is 63.2 Å². The zero-order valence-corrected chi connectivity index (χ0v) is 49.8. The van der Waals surface area contributed by atoms with Crippen LogP contribution in [0.25, 0.3) is 0 Å². The van der Waals surface area contributed by atoms with Crippen LogP contribution in [0.2, 0.25) is 38.8 Å². The largest absolute Gasteiger partial charge is 0.486 e. The number of hydrogen-bond donors (Lipinski definition) is 3. The van der Waals surface area contributed by atoms with Gasteiger partial charge in [-0.05, 0) is 119 Å². The van der Waals surface area contributed by atoms with Crippen molar-refractivity contribution in [2.24, 2.45) is 0 Å². The Morgan fingerprint density at radius 3 is 0.569 bits per heavy atom. The Balaban J connectivity index is 0.000000431. The average Bonchev–Trinajstić information content (AvgIpc) is 4.12. The number of hydrogen-bond acceptors (Lipinski definition) is 12. The maximum absolute atomic E-state index is 13.6. The molecule has 0 aromatic heterocycles. The van der Waals surface area contributed by atoms with E-state index in [4.69, 9.17) is 37.0 Å². The molecule has 4 bridgehead atoms. The second kappa shape index (κ2) is 20.3. The van der Waals surface area contributed by atoms with Gasteiger partial charge in [0.2, 0.25) is 0 Å². The quantitative estimate of drug-likeness (QED) is 0.209. The first-order valence-electron chi connectivity index (χ1n) is 26.3. The van der Waals surface area contributed by atoms with Crippen molar-refractivity contribution >= 4 is 61.6 Å². The Morgan fingerprint density at radius 2 is 0.400 bits per heavy atom. The van der Waals surface area contributed by atoms with Gasteiger partial charge in [0.1, 0.15) is 0 Å². The summed E-state index contributed by atoms with van der Waals surface area (Å²) in [4.78, 5) is 40.7. The minimum atomic E-state index is -4.28. The zero-order chi connectivity index (χ0) is 44.6. The maximum atomic E-state index is 13.6. The van der Waals surface area contributed by atoms with Gasteiger partial charge in [0.25, 0.3) is 0 Å². The first kappa shape index (κ1) is 51.8. The number of rotatable bonds is 7. The van der Waals surface area contributed by atoms with Crippen molar-refractivity contribution in [2.75, 3.05) is 0 Å². The van der Waals surface area contributed by atoms with E-state index in [1.54, 1.807) is 0 Å². The van der Waals surface area contributed by atoms with E-state index in [9.17, 15) is 14.4 Å². The molecule has 8 aliphatic carbocycles. The van der Waals surface area contributed by atoms with Crippen LogP contribution < -0.4 is 0 Å². The van der Waals surface area contributed by atoms with E-state index in [1.807, 2.05) is 0 Å². The van der Waals surface area contributed by atoms with Crippen molar-refractivity contribution in [3.63, 3.8) is 0 Å². The fraction of sp³-hybridized carbons (Fsp3) is 0.889. The Bertz CT molecular complexity index is 1390. The van der Waals surface area contributed by atoms with Crippen LogP contribution in [0.4, 0.5) is 0 Å². The third-order valence-corrected chi connectivity index (χ3v) is 50.2. The summed E-state index contributed by atoms with van der Waals surface area (Å²) >= 11 is 0. The van der Waals surface area contributed by atoms with Crippen molar-refractivity contribution in [1.29, 1.82) is 0 Å². The van der Waals surface area contributed by atoms with Gasteiger partial charge in [0, 0.05) is 65.0 Å². The van der Waals surface area contributed by atoms with Gasteiger partial charge in [-0.25, -0.2) is 0 Å². The molecule has 3 N–H and O–H groups in total. The third kappa shape index (κ3) is 9.67. The molecule has 0 amide bonds.